The first-order chi connectivity index (χ1) is 13.1. The number of benzene rings is 1. The van der Waals surface area contributed by atoms with Crippen molar-refractivity contribution in [1.29, 1.82) is 0 Å². The normalized spacial score (nSPS) is 17.4. The summed E-state index contributed by atoms with van der Waals surface area (Å²) in [5, 5.41) is 2.82. The van der Waals surface area contributed by atoms with Crippen molar-refractivity contribution in [3.05, 3.63) is 41.6 Å². The van der Waals surface area contributed by atoms with Crippen molar-refractivity contribution in [3.63, 3.8) is 0 Å². The highest BCUT2D eigenvalue weighted by Crippen LogP contribution is 2.30. The molecular formula is C19H22N4O4. The minimum absolute atomic E-state index is 0.188. The van der Waals surface area contributed by atoms with E-state index in [0.717, 1.165) is 36.9 Å². The molecule has 0 aliphatic carbocycles. The number of hydrogen-bond donors (Lipinski definition) is 2. The number of anilines is 2. The summed E-state index contributed by atoms with van der Waals surface area (Å²) >= 11 is 0. The number of hydrogen-bond acceptors (Lipinski definition) is 5. The van der Waals surface area contributed by atoms with E-state index in [1.165, 1.54) is 11.2 Å². The number of ether oxygens (including phenoxy) is 1. The quantitative estimate of drug-likeness (QED) is 0.863. The molecule has 8 nitrogen and oxygen atoms in total. The van der Waals surface area contributed by atoms with Gasteiger partial charge in [0.1, 0.15) is 6.26 Å². The van der Waals surface area contributed by atoms with Crippen LogP contribution < -0.4 is 16.0 Å². The number of urea groups is 1. The number of aromatic nitrogens is 1. The van der Waals surface area contributed by atoms with Crippen LogP contribution in [0, 0.1) is 0 Å². The van der Waals surface area contributed by atoms with Gasteiger partial charge in [-0.25, -0.2) is 9.78 Å². The maximum atomic E-state index is 12.5. The van der Waals surface area contributed by atoms with Crippen LogP contribution in [-0.4, -0.2) is 36.7 Å². The first-order valence-electron chi connectivity index (χ1n) is 9.16. The number of carbonyl (C=O) groups excluding carboxylic acids is 2. The minimum atomic E-state index is -0.489. The van der Waals surface area contributed by atoms with E-state index in [0.29, 0.717) is 31.3 Å². The van der Waals surface area contributed by atoms with Gasteiger partial charge in [-0.15, -0.1) is 0 Å². The Kier molecular flexibility index (Phi) is 4.81. The lowest BCUT2D eigenvalue weighted by atomic mass is 10.0. The Balaban J connectivity index is 1.49. The van der Waals surface area contributed by atoms with Gasteiger partial charge in [-0.05, 0) is 43.4 Å². The summed E-state index contributed by atoms with van der Waals surface area (Å²) in [7, 11) is 0. The molecule has 1 aromatic carbocycles. The van der Waals surface area contributed by atoms with Gasteiger partial charge in [0.25, 0.3) is 5.91 Å². The Hall–Kier alpha value is -2.87. The Morgan fingerprint density at radius 1 is 1.26 bits per heavy atom. The predicted molar refractivity (Wildman–Crippen MR) is 98.9 cm³/mol. The second-order valence-corrected chi connectivity index (χ2v) is 6.85. The number of nitrogens with two attached hydrogens (primary N) is 1. The van der Waals surface area contributed by atoms with Crippen LogP contribution in [0.3, 0.4) is 0 Å². The Morgan fingerprint density at radius 2 is 2.07 bits per heavy atom. The van der Waals surface area contributed by atoms with Gasteiger partial charge in [-0.2, -0.15) is 0 Å². The van der Waals surface area contributed by atoms with Crippen LogP contribution in [-0.2, 0) is 11.2 Å². The van der Waals surface area contributed by atoms with Gasteiger partial charge in [0.05, 0.1) is 5.69 Å². The van der Waals surface area contributed by atoms with Crippen molar-refractivity contribution in [2.75, 3.05) is 30.0 Å². The molecule has 0 spiro atoms. The molecule has 1 saturated heterocycles. The van der Waals surface area contributed by atoms with Gasteiger partial charge in [-0.3, -0.25) is 9.69 Å². The molecule has 0 bridgehead atoms. The fourth-order valence-corrected chi connectivity index (χ4v) is 3.60. The van der Waals surface area contributed by atoms with Gasteiger partial charge < -0.3 is 20.2 Å². The zero-order valence-corrected chi connectivity index (χ0v) is 14.9. The monoisotopic (exact) mass is 370 g/mol. The second-order valence-electron chi connectivity index (χ2n) is 6.85. The summed E-state index contributed by atoms with van der Waals surface area (Å²) in [4.78, 5) is 30.1. The SMILES string of the molecule is NC(=O)N1CCCc2ccc(NC(=O)c3coc(C4CCOCC4)n3)cc21. The Bertz CT molecular complexity index is 857. The smallest absolute Gasteiger partial charge is 0.319 e. The number of oxazole rings is 1. The lowest BCUT2D eigenvalue weighted by Crippen LogP contribution is -2.39. The third-order valence-electron chi connectivity index (χ3n) is 5.05. The zero-order valence-electron chi connectivity index (χ0n) is 14.9. The lowest BCUT2D eigenvalue weighted by Gasteiger charge is -2.28. The van der Waals surface area contributed by atoms with E-state index >= 15 is 0 Å². The highest BCUT2D eigenvalue weighted by Gasteiger charge is 2.24. The van der Waals surface area contributed by atoms with E-state index in [1.807, 2.05) is 12.1 Å². The molecule has 2 aliphatic heterocycles. The van der Waals surface area contributed by atoms with Crippen molar-refractivity contribution < 1.29 is 18.7 Å². The molecule has 4 rings (SSSR count). The van der Waals surface area contributed by atoms with E-state index in [4.69, 9.17) is 14.9 Å². The van der Waals surface area contributed by atoms with E-state index in [-0.39, 0.29) is 17.5 Å². The van der Waals surface area contributed by atoms with Gasteiger partial charge >= 0.3 is 6.03 Å². The molecule has 2 aromatic rings. The van der Waals surface area contributed by atoms with Crippen LogP contribution in [0.25, 0.3) is 0 Å². The summed E-state index contributed by atoms with van der Waals surface area (Å²) < 4.78 is 10.8. The molecule has 3 heterocycles. The molecule has 142 valence electrons. The molecule has 2 aliphatic rings. The average Bonchev–Trinajstić information content (AvgIpc) is 3.18. The maximum Gasteiger partial charge on any atom is 0.319 e. The molecule has 0 atom stereocenters. The molecule has 3 N–H and O–H groups in total. The van der Waals surface area contributed by atoms with Crippen LogP contribution in [0.5, 0.6) is 0 Å². The van der Waals surface area contributed by atoms with Crippen LogP contribution in [0.15, 0.2) is 28.9 Å². The molecule has 0 saturated carbocycles. The van der Waals surface area contributed by atoms with Crippen molar-refractivity contribution in [2.45, 2.75) is 31.6 Å². The molecule has 8 heteroatoms. The predicted octanol–water partition coefficient (Wildman–Crippen LogP) is 2.65. The van der Waals surface area contributed by atoms with E-state index in [9.17, 15) is 9.59 Å². The molecule has 1 aromatic heterocycles. The average molecular weight is 370 g/mol. The molecule has 3 amide bonds. The van der Waals surface area contributed by atoms with E-state index in [2.05, 4.69) is 10.3 Å². The number of carbonyl (C=O) groups is 2. The summed E-state index contributed by atoms with van der Waals surface area (Å²) in [6, 6.07) is 5.02. The number of amides is 3. The fourth-order valence-electron chi connectivity index (χ4n) is 3.60. The molecular weight excluding hydrogens is 348 g/mol. The van der Waals surface area contributed by atoms with E-state index < -0.39 is 6.03 Å². The third-order valence-corrected chi connectivity index (χ3v) is 5.05. The number of aryl methyl sites for hydroxylation is 1. The van der Waals surface area contributed by atoms with Crippen molar-refractivity contribution in [3.8, 4) is 0 Å². The second kappa shape index (κ2) is 7.40. The van der Waals surface area contributed by atoms with Crippen LogP contribution in [0.2, 0.25) is 0 Å². The fraction of sp³-hybridized carbons (Fsp3) is 0.421. The minimum Gasteiger partial charge on any atom is -0.448 e. The number of nitrogens with zero attached hydrogens (tertiary/aromatic N) is 2. The van der Waals surface area contributed by atoms with Crippen LogP contribution in [0.4, 0.5) is 16.2 Å². The highest BCUT2D eigenvalue weighted by molar-refractivity contribution is 6.03. The summed E-state index contributed by atoms with van der Waals surface area (Å²) in [5.74, 6) is 0.417. The maximum absolute atomic E-state index is 12.5. The van der Waals surface area contributed by atoms with Crippen molar-refractivity contribution in [2.24, 2.45) is 5.73 Å². The van der Waals surface area contributed by atoms with E-state index in [1.54, 1.807) is 6.07 Å². The Labute approximate surface area is 156 Å². The third kappa shape index (κ3) is 3.66. The summed E-state index contributed by atoms with van der Waals surface area (Å²) in [6.07, 6.45) is 4.82. The van der Waals surface area contributed by atoms with Gasteiger partial charge in [0.15, 0.2) is 11.6 Å². The topological polar surface area (TPSA) is 111 Å². The highest BCUT2D eigenvalue weighted by atomic mass is 16.5. The van der Waals surface area contributed by atoms with Gasteiger partial charge in [-0.1, -0.05) is 6.07 Å². The number of nitrogens with one attached hydrogen (secondary N) is 1. The van der Waals surface area contributed by atoms with Crippen molar-refractivity contribution in [1.82, 2.24) is 4.98 Å². The number of rotatable bonds is 3. The first-order valence-corrected chi connectivity index (χ1v) is 9.16. The molecule has 27 heavy (non-hydrogen) atoms. The van der Waals surface area contributed by atoms with Crippen LogP contribution in [0.1, 0.15) is 47.1 Å². The summed E-state index contributed by atoms with van der Waals surface area (Å²) in [6.45, 7) is 1.94. The zero-order chi connectivity index (χ0) is 18.8. The molecule has 0 unspecified atom stereocenters. The van der Waals surface area contributed by atoms with Crippen LogP contribution >= 0.6 is 0 Å². The molecule has 1 fully saturated rings. The first kappa shape index (κ1) is 17.5. The van der Waals surface area contributed by atoms with Gasteiger partial charge in [0, 0.05) is 31.4 Å². The lowest BCUT2D eigenvalue weighted by molar-refractivity contribution is 0.0794. The number of fused-ring (bicyclic) bond motifs is 1. The Morgan fingerprint density at radius 3 is 2.85 bits per heavy atom. The standard InChI is InChI=1S/C19H22N4O4/c20-19(25)23-7-1-2-12-3-4-14(10-16(12)23)21-17(24)15-11-27-18(22-15)13-5-8-26-9-6-13/h3-4,10-11,13H,1-2,5-9H2,(H2,20,25)(H,21,24). The molecule has 0 radical (unpaired) electrons. The van der Waals surface area contributed by atoms with Gasteiger partial charge in [0.2, 0.25) is 0 Å². The number of primary amides is 1. The van der Waals surface area contributed by atoms with Crippen molar-refractivity contribution >= 4 is 23.3 Å². The summed E-state index contributed by atoms with van der Waals surface area (Å²) in [5.41, 5.74) is 8.08. The largest absolute Gasteiger partial charge is 0.448 e.